The van der Waals surface area contributed by atoms with Crippen LogP contribution in [0.15, 0.2) is 46.9 Å². The molecule has 0 saturated heterocycles. The van der Waals surface area contributed by atoms with Crippen LogP contribution in [0.2, 0.25) is 0 Å². The Morgan fingerprint density at radius 3 is 2.68 bits per heavy atom. The van der Waals surface area contributed by atoms with E-state index in [1.807, 2.05) is 24.3 Å². The summed E-state index contributed by atoms with van der Waals surface area (Å²) in [7, 11) is 0. The third-order valence-electron chi connectivity index (χ3n) is 2.66. The molecule has 0 fully saturated rings. The lowest BCUT2D eigenvalue weighted by molar-refractivity contribution is 0.0696. The minimum Gasteiger partial charge on any atom is -0.478 e. The summed E-state index contributed by atoms with van der Waals surface area (Å²) < 4.78 is 6.37. The number of rotatable bonds is 4. The lowest BCUT2D eigenvalue weighted by Crippen LogP contribution is -1.97. The van der Waals surface area contributed by atoms with Crippen LogP contribution < -0.4 is 4.74 Å². The maximum atomic E-state index is 11.0. The van der Waals surface area contributed by atoms with Gasteiger partial charge in [-0.3, -0.25) is 0 Å². The molecule has 2 aromatic rings. The fraction of sp³-hybridized carbons (Fsp3) is 0.133. The quantitative estimate of drug-likeness (QED) is 0.902. The van der Waals surface area contributed by atoms with E-state index >= 15 is 0 Å². The number of benzene rings is 2. The van der Waals surface area contributed by atoms with Crippen LogP contribution in [-0.4, -0.2) is 11.1 Å². The zero-order valence-corrected chi connectivity index (χ0v) is 12.0. The summed E-state index contributed by atoms with van der Waals surface area (Å²) in [5.41, 5.74) is 1.36. The summed E-state index contributed by atoms with van der Waals surface area (Å²) in [6.07, 6.45) is 0.927. The van der Waals surface area contributed by atoms with E-state index in [9.17, 15) is 4.79 Å². The molecular formula is C15H13BrO3. The Labute approximate surface area is 120 Å². The molecule has 2 rings (SSSR count). The second kappa shape index (κ2) is 5.89. The van der Waals surface area contributed by atoms with Gasteiger partial charge in [-0.15, -0.1) is 0 Å². The first kappa shape index (κ1) is 13.6. The Kier molecular flexibility index (Phi) is 4.22. The number of hydrogen-bond donors (Lipinski definition) is 1. The molecule has 0 heterocycles. The first-order valence-electron chi connectivity index (χ1n) is 5.89. The molecule has 0 aliphatic carbocycles. The number of carbonyl (C=O) groups is 1. The summed E-state index contributed by atoms with van der Waals surface area (Å²) in [6, 6.07) is 12.5. The fourth-order valence-electron chi connectivity index (χ4n) is 1.71. The van der Waals surface area contributed by atoms with Crippen molar-refractivity contribution in [3.05, 3.63) is 58.1 Å². The zero-order chi connectivity index (χ0) is 13.8. The first-order valence-corrected chi connectivity index (χ1v) is 6.68. The summed E-state index contributed by atoms with van der Waals surface area (Å²) in [4.78, 5) is 11.0. The highest BCUT2D eigenvalue weighted by atomic mass is 79.9. The van der Waals surface area contributed by atoms with Gasteiger partial charge in [-0.1, -0.05) is 35.0 Å². The Bertz CT molecular complexity index is 608. The molecule has 0 radical (unpaired) electrons. The topological polar surface area (TPSA) is 46.5 Å². The number of carboxylic acids is 1. The molecule has 0 aromatic heterocycles. The van der Waals surface area contributed by atoms with Crippen LogP contribution in [0.5, 0.6) is 11.5 Å². The minimum absolute atomic E-state index is 0.191. The maximum absolute atomic E-state index is 11.0. The van der Waals surface area contributed by atoms with Crippen molar-refractivity contribution in [3.63, 3.8) is 0 Å². The molecule has 0 atom stereocenters. The normalized spacial score (nSPS) is 10.2. The van der Waals surface area contributed by atoms with Gasteiger partial charge in [0.25, 0.3) is 0 Å². The molecule has 0 bridgehead atoms. The summed E-state index contributed by atoms with van der Waals surface area (Å²) in [5.74, 6) is 0.224. The van der Waals surface area contributed by atoms with Crippen LogP contribution in [0.4, 0.5) is 0 Å². The van der Waals surface area contributed by atoms with Crippen molar-refractivity contribution in [2.24, 2.45) is 0 Å². The van der Waals surface area contributed by atoms with Gasteiger partial charge in [0, 0.05) is 4.47 Å². The van der Waals surface area contributed by atoms with Crippen molar-refractivity contribution >= 4 is 21.9 Å². The summed E-state index contributed by atoms with van der Waals surface area (Å²) in [5, 5.41) is 9.01. The molecule has 0 spiro atoms. The van der Waals surface area contributed by atoms with Gasteiger partial charge in [0.1, 0.15) is 11.5 Å². The van der Waals surface area contributed by atoms with Gasteiger partial charge in [-0.25, -0.2) is 4.79 Å². The van der Waals surface area contributed by atoms with Crippen molar-refractivity contribution in [1.82, 2.24) is 0 Å². The van der Waals surface area contributed by atoms with Crippen LogP contribution in [-0.2, 0) is 6.42 Å². The molecule has 4 heteroatoms. The van der Waals surface area contributed by atoms with E-state index in [0.29, 0.717) is 16.0 Å². The number of ether oxygens (including phenoxy) is 1. The zero-order valence-electron chi connectivity index (χ0n) is 10.4. The van der Waals surface area contributed by atoms with Crippen molar-refractivity contribution in [3.8, 4) is 11.5 Å². The van der Waals surface area contributed by atoms with Crippen molar-refractivity contribution in [2.45, 2.75) is 13.3 Å². The number of halogens is 1. The highest BCUT2D eigenvalue weighted by Gasteiger charge is 2.07. The highest BCUT2D eigenvalue weighted by Crippen LogP contribution is 2.27. The largest absolute Gasteiger partial charge is 0.478 e. The highest BCUT2D eigenvalue weighted by molar-refractivity contribution is 9.10. The van der Waals surface area contributed by atoms with Crippen LogP contribution in [0.25, 0.3) is 0 Å². The van der Waals surface area contributed by atoms with E-state index in [-0.39, 0.29) is 5.56 Å². The summed E-state index contributed by atoms with van der Waals surface area (Å²) >= 11 is 3.28. The van der Waals surface area contributed by atoms with Gasteiger partial charge in [-0.05, 0) is 42.3 Å². The molecule has 98 valence electrons. The van der Waals surface area contributed by atoms with E-state index in [1.54, 1.807) is 6.07 Å². The van der Waals surface area contributed by atoms with E-state index in [4.69, 9.17) is 9.84 Å². The Morgan fingerprint density at radius 2 is 2.00 bits per heavy atom. The van der Waals surface area contributed by atoms with E-state index < -0.39 is 5.97 Å². The van der Waals surface area contributed by atoms with Crippen molar-refractivity contribution in [1.29, 1.82) is 0 Å². The van der Waals surface area contributed by atoms with Crippen molar-refractivity contribution < 1.29 is 14.6 Å². The fourth-order valence-corrected chi connectivity index (χ4v) is 2.18. The maximum Gasteiger partial charge on any atom is 0.335 e. The van der Waals surface area contributed by atoms with Crippen molar-refractivity contribution in [2.75, 3.05) is 0 Å². The standard InChI is InChI=1S/C15H13BrO3/c1-2-10-4-3-5-13(6-10)19-14-8-11(15(17)18)7-12(16)9-14/h3-9H,2H2,1H3,(H,17,18). The number of aromatic carboxylic acids is 1. The molecule has 19 heavy (non-hydrogen) atoms. The molecule has 0 aliphatic rings. The molecule has 0 amide bonds. The van der Waals surface area contributed by atoms with Gasteiger partial charge >= 0.3 is 5.97 Å². The molecular weight excluding hydrogens is 308 g/mol. The average molecular weight is 321 g/mol. The monoisotopic (exact) mass is 320 g/mol. The van der Waals surface area contributed by atoms with Crippen LogP contribution in [0.1, 0.15) is 22.8 Å². The molecule has 2 aromatic carbocycles. The lowest BCUT2D eigenvalue weighted by atomic mass is 10.1. The van der Waals surface area contributed by atoms with Gasteiger partial charge in [-0.2, -0.15) is 0 Å². The predicted molar refractivity (Wildman–Crippen MR) is 77.0 cm³/mol. The minimum atomic E-state index is -0.978. The first-order chi connectivity index (χ1) is 9.08. The number of carboxylic acid groups (broad SMARTS) is 1. The van der Waals surface area contributed by atoms with E-state index in [0.717, 1.165) is 6.42 Å². The van der Waals surface area contributed by atoms with Gasteiger partial charge in [0.05, 0.1) is 5.56 Å². The molecule has 0 unspecified atom stereocenters. The van der Waals surface area contributed by atoms with Gasteiger partial charge < -0.3 is 9.84 Å². The van der Waals surface area contributed by atoms with Crippen LogP contribution in [0, 0.1) is 0 Å². The third kappa shape index (κ3) is 3.58. The SMILES string of the molecule is CCc1cccc(Oc2cc(Br)cc(C(=O)O)c2)c1. The van der Waals surface area contributed by atoms with E-state index in [2.05, 4.69) is 22.9 Å². The third-order valence-corrected chi connectivity index (χ3v) is 3.12. The predicted octanol–water partition coefficient (Wildman–Crippen LogP) is 4.50. The summed E-state index contributed by atoms with van der Waals surface area (Å²) in [6.45, 7) is 2.07. The molecule has 0 aliphatic heterocycles. The smallest absolute Gasteiger partial charge is 0.335 e. The second-order valence-corrected chi connectivity index (χ2v) is 5.00. The van der Waals surface area contributed by atoms with Crippen LogP contribution in [0.3, 0.4) is 0 Å². The molecule has 1 N–H and O–H groups in total. The van der Waals surface area contributed by atoms with Gasteiger partial charge in [0.2, 0.25) is 0 Å². The average Bonchev–Trinajstić information content (AvgIpc) is 2.38. The van der Waals surface area contributed by atoms with Crippen LogP contribution >= 0.6 is 15.9 Å². The molecule has 0 saturated carbocycles. The van der Waals surface area contributed by atoms with Gasteiger partial charge in [0.15, 0.2) is 0 Å². The van der Waals surface area contributed by atoms with E-state index in [1.165, 1.54) is 17.7 Å². The second-order valence-electron chi connectivity index (χ2n) is 4.08. The number of aryl methyl sites for hydroxylation is 1. The Balaban J connectivity index is 2.29. The molecule has 3 nitrogen and oxygen atoms in total. The Morgan fingerprint density at radius 1 is 1.21 bits per heavy atom. The lowest BCUT2D eigenvalue weighted by Gasteiger charge is -2.08. The Hall–Kier alpha value is -1.81. The number of hydrogen-bond acceptors (Lipinski definition) is 2.